The van der Waals surface area contributed by atoms with Crippen molar-refractivity contribution in [2.45, 2.75) is 12.6 Å². The van der Waals surface area contributed by atoms with Crippen LogP contribution in [0.1, 0.15) is 12.5 Å². The number of hydrogen-bond donors (Lipinski definition) is 0. The largest absolute Gasteiger partial charge is 0.238 e. The van der Waals surface area contributed by atoms with Crippen LogP contribution in [0.4, 0.5) is 5.69 Å². The van der Waals surface area contributed by atoms with Crippen molar-refractivity contribution in [3.63, 3.8) is 0 Å². The van der Waals surface area contributed by atoms with Gasteiger partial charge in [0.15, 0.2) is 5.69 Å². The summed E-state index contributed by atoms with van der Waals surface area (Å²) in [4.78, 5) is 3.30. The van der Waals surface area contributed by atoms with E-state index in [0.29, 0.717) is 5.69 Å². The summed E-state index contributed by atoms with van der Waals surface area (Å²) in [5, 5.41) is 7.82. The molecule has 0 radical (unpaired) electrons. The van der Waals surface area contributed by atoms with Crippen molar-refractivity contribution in [1.29, 1.82) is 0 Å². The Morgan fingerprint density at radius 3 is 2.25 bits per heavy atom. The van der Waals surface area contributed by atoms with Crippen LogP contribution in [-0.4, -0.2) is 0 Å². The smallest absolute Gasteiger partial charge is 0.213 e. The Balaban J connectivity index is 2.33. The third kappa shape index (κ3) is 0.978. The summed E-state index contributed by atoms with van der Waals surface area (Å²) in [5.74, 6) is 0. The highest BCUT2D eigenvalue weighted by Crippen LogP contribution is 2.38. The van der Waals surface area contributed by atoms with Crippen LogP contribution >= 0.6 is 0 Å². The second-order valence-electron chi connectivity index (χ2n) is 2.88. The normalized spacial score (nSPS) is 17.0. The zero-order chi connectivity index (χ0) is 8.60. The van der Waals surface area contributed by atoms with E-state index in [9.17, 15) is 0 Å². The second kappa shape index (κ2) is 2.15. The molecule has 1 heterocycles. The highest BCUT2D eigenvalue weighted by Gasteiger charge is 2.35. The molecule has 12 heavy (non-hydrogen) atoms. The molecule has 0 aliphatic carbocycles. The van der Waals surface area contributed by atoms with E-state index in [4.69, 9.17) is 6.57 Å². The number of hydrogen-bond acceptors (Lipinski definition) is 2. The summed E-state index contributed by atoms with van der Waals surface area (Å²) in [6.45, 7) is 8.71. The third-order valence-corrected chi connectivity index (χ3v) is 1.94. The van der Waals surface area contributed by atoms with Gasteiger partial charge in [0, 0.05) is 5.56 Å². The molecule has 0 aromatic heterocycles. The van der Waals surface area contributed by atoms with Gasteiger partial charge in [0.1, 0.15) is 0 Å². The first-order valence-corrected chi connectivity index (χ1v) is 3.67. The van der Waals surface area contributed by atoms with Crippen LogP contribution < -0.4 is 0 Å². The fraction of sp³-hybridized carbons (Fsp3) is 0.222. The molecule has 0 N–H and O–H groups in total. The van der Waals surface area contributed by atoms with Crippen LogP contribution in [-0.2, 0) is 5.66 Å². The van der Waals surface area contributed by atoms with E-state index in [0.717, 1.165) is 5.56 Å². The van der Waals surface area contributed by atoms with Gasteiger partial charge in [-0.05, 0) is 6.92 Å². The van der Waals surface area contributed by atoms with Crippen molar-refractivity contribution >= 4 is 5.69 Å². The molecule has 1 aromatic carbocycles. The summed E-state index contributed by atoms with van der Waals surface area (Å²) >= 11 is 0. The minimum absolute atomic E-state index is 0.319. The Labute approximate surface area is 70.6 Å². The van der Waals surface area contributed by atoms with Crippen molar-refractivity contribution in [2.24, 2.45) is 10.2 Å². The fourth-order valence-corrected chi connectivity index (χ4v) is 1.04. The lowest BCUT2D eigenvalue weighted by molar-refractivity contribution is 0.729. The predicted octanol–water partition coefficient (Wildman–Crippen LogP) is 2.88. The Hall–Kier alpha value is -1.69. The highest BCUT2D eigenvalue weighted by molar-refractivity contribution is 5.46. The molecule has 0 bridgehead atoms. The molecule has 2 rings (SSSR count). The summed E-state index contributed by atoms with van der Waals surface area (Å²) in [6.07, 6.45) is 0. The van der Waals surface area contributed by atoms with E-state index in [1.165, 1.54) is 0 Å². The fourth-order valence-electron chi connectivity index (χ4n) is 1.04. The van der Waals surface area contributed by atoms with E-state index in [-0.39, 0.29) is 5.66 Å². The van der Waals surface area contributed by atoms with Crippen LogP contribution in [0.3, 0.4) is 0 Å². The van der Waals surface area contributed by atoms with Gasteiger partial charge in [0.2, 0.25) is 5.66 Å². The Morgan fingerprint density at radius 2 is 1.83 bits per heavy atom. The van der Waals surface area contributed by atoms with E-state index in [1.807, 2.05) is 19.1 Å². The van der Waals surface area contributed by atoms with Gasteiger partial charge < -0.3 is 0 Å². The average molecular weight is 157 g/mol. The predicted molar refractivity (Wildman–Crippen MR) is 44.9 cm³/mol. The zero-order valence-corrected chi connectivity index (χ0v) is 6.65. The number of rotatable bonds is 1. The molecule has 1 aromatic rings. The van der Waals surface area contributed by atoms with Gasteiger partial charge in [-0.25, -0.2) is 4.85 Å². The Kier molecular flexibility index (Phi) is 1.25. The SMILES string of the molecule is [C-]#[N+]c1ccc(C2(C)N=N2)cc1. The van der Waals surface area contributed by atoms with Gasteiger partial charge >= 0.3 is 0 Å². The molecule has 1 aliphatic rings. The average Bonchev–Trinajstić information content (AvgIpc) is 2.85. The highest BCUT2D eigenvalue weighted by atomic mass is 15.4. The van der Waals surface area contributed by atoms with Crippen molar-refractivity contribution in [2.75, 3.05) is 0 Å². The molecule has 0 saturated carbocycles. The minimum atomic E-state index is -0.319. The summed E-state index contributed by atoms with van der Waals surface area (Å²) in [6, 6.07) is 7.37. The van der Waals surface area contributed by atoms with E-state index < -0.39 is 0 Å². The monoisotopic (exact) mass is 157 g/mol. The van der Waals surface area contributed by atoms with Crippen LogP contribution in [0.5, 0.6) is 0 Å². The van der Waals surface area contributed by atoms with Crippen LogP contribution in [0, 0.1) is 6.57 Å². The van der Waals surface area contributed by atoms with Gasteiger partial charge in [-0.3, -0.25) is 0 Å². The Morgan fingerprint density at radius 1 is 1.25 bits per heavy atom. The quantitative estimate of drug-likeness (QED) is 0.561. The van der Waals surface area contributed by atoms with E-state index >= 15 is 0 Å². The molecular formula is C9H7N3. The molecule has 3 heteroatoms. The summed E-state index contributed by atoms with van der Waals surface area (Å²) in [5.41, 5.74) is 1.39. The van der Waals surface area contributed by atoms with E-state index in [1.54, 1.807) is 12.1 Å². The third-order valence-electron chi connectivity index (χ3n) is 1.94. The standard InChI is InChI=1S/C9H7N3/c1-9(11-12-9)7-3-5-8(10-2)6-4-7/h3-6H,1H3. The first-order chi connectivity index (χ1) is 5.74. The van der Waals surface area contributed by atoms with Crippen molar-refractivity contribution < 1.29 is 0 Å². The topological polar surface area (TPSA) is 29.1 Å². The first-order valence-electron chi connectivity index (χ1n) is 3.67. The molecule has 0 amide bonds. The molecule has 0 saturated heterocycles. The van der Waals surface area contributed by atoms with Gasteiger partial charge in [-0.1, -0.05) is 24.3 Å². The minimum Gasteiger partial charge on any atom is -0.238 e. The van der Waals surface area contributed by atoms with Crippen molar-refractivity contribution in [3.8, 4) is 0 Å². The summed E-state index contributed by atoms with van der Waals surface area (Å²) < 4.78 is 0. The lowest BCUT2D eigenvalue weighted by atomic mass is 10.1. The summed E-state index contributed by atoms with van der Waals surface area (Å²) in [7, 11) is 0. The number of benzene rings is 1. The molecule has 3 nitrogen and oxygen atoms in total. The van der Waals surface area contributed by atoms with Gasteiger partial charge in [0.25, 0.3) is 0 Å². The van der Waals surface area contributed by atoms with Gasteiger partial charge in [0.05, 0.1) is 6.57 Å². The second-order valence-corrected chi connectivity index (χ2v) is 2.88. The maximum absolute atomic E-state index is 6.76. The first kappa shape index (κ1) is 6.99. The Bertz CT molecular complexity index is 364. The molecule has 58 valence electrons. The maximum atomic E-state index is 6.76. The van der Waals surface area contributed by atoms with Crippen molar-refractivity contribution in [1.82, 2.24) is 0 Å². The van der Waals surface area contributed by atoms with Gasteiger partial charge in [-0.15, -0.1) is 0 Å². The van der Waals surface area contributed by atoms with E-state index in [2.05, 4.69) is 15.1 Å². The molecule has 1 aliphatic heterocycles. The van der Waals surface area contributed by atoms with Crippen LogP contribution in [0.2, 0.25) is 0 Å². The van der Waals surface area contributed by atoms with Crippen LogP contribution in [0.25, 0.3) is 4.85 Å². The molecule has 0 unspecified atom stereocenters. The maximum Gasteiger partial charge on any atom is 0.213 e. The number of nitrogens with zero attached hydrogens (tertiary/aromatic N) is 3. The van der Waals surface area contributed by atoms with Crippen molar-refractivity contribution in [3.05, 3.63) is 41.2 Å². The molecule has 0 spiro atoms. The van der Waals surface area contributed by atoms with Gasteiger partial charge in [-0.2, -0.15) is 10.2 Å². The van der Waals surface area contributed by atoms with Crippen LogP contribution in [0.15, 0.2) is 34.5 Å². The lowest BCUT2D eigenvalue weighted by Gasteiger charge is -2.02. The molecular weight excluding hydrogens is 150 g/mol. The molecule has 0 atom stereocenters. The zero-order valence-electron chi connectivity index (χ0n) is 6.65. The lowest BCUT2D eigenvalue weighted by Crippen LogP contribution is -2.00. The molecule has 0 fully saturated rings.